The highest BCUT2D eigenvalue weighted by Gasteiger charge is 2.36. The summed E-state index contributed by atoms with van der Waals surface area (Å²) in [6, 6.07) is 0. The van der Waals surface area contributed by atoms with Crippen LogP contribution >= 0.6 is 0 Å². The van der Waals surface area contributed by atoms with Crippen molar-refractivity contribution in [3.8, 4) is 0 Å². The van der Waals surface area contributed by atoms with E-state index in [0.29, 0.717) is 5.92 Å². The van der Waals surface area contributed by atoms with Crippen LogP contribution in [0.3, 0.4) is 0 Å². The summed E-state index contributed by atoms with van der Waals surface area (Å²) in [4.78, 5) is 0. The van der Waals surface area contributed by atoms with E-state index in [1.807, 2.05) is 10.9 Å². The Morgan fingerprint density at radius 2 is 2.38 bits per heavy atom. The van der Waals surface area contributed by atoms with Crippen molar-refractivity contribution in [2.45, 2.75) is 58.1 Å². The molecule has 0 radical (unpaired) electrons. The average Bonchev–Trinajstić information content (AvgIpc) is 2.70. The molecule has 0 bridgehead atoms. The molecule has 1 aromatic heterocycles. The van der Waals surface area contributed by atoms with E-state index in [2.05, 4.69) is 25.1 Å². The Morgan fingerprint density at radius 3 is 3.00 bits per heavy atom. The van der Waals surface area contributed by atoms with Crippen molar-refractivity contribution in [2.75, 3.05) is 0 Å². The van der Waals surface area contributed by atoms with E-state index in [4.69, 9.17) is 0 Å². The molecule has 1 fully saturated rings. The van der Waals surface area contributed by atoms with E-state index < -0.39 is 5.60 Å². The van der Waals surface area contributed by atoms with Crippen LogP contribution in [0.2, 0.25) is 0 Å². The minimum absolute atomic E-state index is 0.409. The number of rotatable bonds is 3. The first-order valence-corrected chi connectivity index (χ1v) is 6.38. The highest BCUT2D eigenvalue weighted by atomic mass is 16.3. The van der Waals surface area contributed by atoms with Gasteiger partial charge in [0.15, 0.2) is 0 Å². The van der Waals surface area contributed by atoms with Crippen molar-refractivity contribution in [3.05, 3.63) is 18.0 Å². The topological polar surface area (TPSA) is 38.0 Å². The molecular formula is C13H22N2O. The molecule has 1 saturated carbocycles. The first kappa shape index (κ1) is 11.6. The quantitative estimate of drug-likeness (QED) is 0.852. The zero-order valence-electron chi connectivity index (χ0n) is 10.3. The Balaban J connectivity index is 2.06. The lowest BCUT2D eigenvalue weighted by Crippen LogP contribution is -2.41. The second kappa shape index (κ2) is 4.58. The Labute approximate surface area is 97.5 Å². The van der Waals surface area contributed by atoms with Crippen LogP contribution in [0.1, 0.15) is 45.1 Å². The van der Waals surface area contributed by atoms with E-state index in [-0.39, 0.29) is 0 Å². The largest absolute Gasteiger partial charge is 0.389 e. The summed E-state index contributed by atoms with van der Waals surface area (Å²) in [5.74, 6) is 0.409. The predicted molar refractivity (Wildman–Crippen MR) is 64.2 cm³/mol. The molecule has 0 amide bonds. The van der Waals surface area contributed by atoms with E-state index in [9.17, 15) is 5.11 Å². The fourth-order valence-electron chi connectivity index (χ4n) is 2.68. The molecule has 1 aliphatic rings. The monoisotopic (exact) mass is 222 g/mol. The molecule has 2 rings (SSSR count). The number of nitrogens with zero attached hydrogens (tertiary/aromatic N) is 2. The minimum atomic E-state index is -0.500. The van der Waals surface area contributed by atoms with Crippen molar-refractivity contribution < 1.29 is 5.11 Å². The van der Waals surface area contributed by atoms with Gasteiger partial charge in [-0.05, 0) is 31.2 Å². The third-order valence-electron chi connectivity index (χ3n) is 3.94. The normalized spacial score (nSPS) is 30.6. The second-order valence-corrected chi connectivity index (χ2v) is 5.13. The molecule has 1 heterocycles. The lowest BCUT2D eigenvalue weighted by atomic mass is 9.73. The van der Waals surface area contributed by atoms with Gasteiger partial charge in [-0.2, -0.15) is 5.10 Å². The Hall–Kier alpha value is -0.830. The number of aliphatic hydroxyl groups is 1. The third-order valence-corrected chi connectivity index (χ3v) is 3.94. The molecule has 1 aromatic rings. The highest BCUT2D eigenvalue weighted by molar-refractivity contribution is 5.09. The van der Waals surface area contributed by atoms with Gasteiger partial charge in [0.2, 0.25) is 0 Å². The standard InChI is InChI=1S/C13H22N2O/c1-3-15-10-12(9-14-15)8-13(16)7-5-4-6-11(13)2/h9-11,16H,3-8H2,1-2H3. The van der Waals surface area contributed by atoms with Gasteiger partial charge in [0, 0.05) is 19.2 Å². The second-order valence-electron chi connectivity index (χ2n) is 5.13. The fraction of sp³-hybridized carbons (Fsp3) is 0.769. The molecule has 0 saturated heterocycles. The van der Waals surface area contributed by atoms with Crippen LogP contribution < -0.4 is 0 Å². The maximum atomic E-state index is 10.6. The van der Waals surface area contributed by atoms with Gasteiger partial charge in [0.25, 0.3) is 0 Å². The van der Waals surface area contributed by atoms with E-state index in [0.717, 1.165) is 37.8 Å². The maximum Gasteiger partial charge on any atom is 0.0714 e. The van der Waals surface area contributed by atoms with Crippen molar-refractivity contribution in [1.82, 2.24) is 9.78 Å². The number of hydrogen-bond donors (Lipinski definition) is 1. The first-order valence-electron chi connectivity index (χ1n) is 6.38. The SMILES string of the molecule is CCn1cc(CC2(O)CCCCC2C)cn1. The van der Waals surface area contributed by atoms with Crippen molar-refractivity contribution >= 4 is 0 Å². The van der Waals surface area contributed by atoms with Crippen LogP contribution in [0, 0.1) is 5.92 Å². The molecule has 2 atom stereocenters. The Morgan fingerprint density at radius 1 is 1.56 bits per heavy atom. The predicted octanol–water partition coefficient (Wildman–Crippen LogP) is 2.39. The number of aromatic nitrogens is 2. The average molecular weight is 222 g/mol. The fourth-order valence-corrected chi connectivity index (χ4v) is 2.68. The van der Waals surface area contributed by atoms with Crippen LogP contribution in [-0.2, 0) is 13.0 Å². The maximum absolute atomic E-state index is 10.6. The molecular weight excluding hydrogens is 200 g/mol. The third kappa shape index (κ3) is 2.29. The number of aryl methyl sites for hydroxylation is 1. The van der Waals surface area contributed by atoms with Crippen molar-refractivity contribution in [2.24, 2.45) is 5.92 Å². The molecule has 0 spiro atoms. The lowest BCUT2D eigenvalue weighted by Gasteiger charge is -2.38. The highest BCUT2D eigenvalue weighted by Crippen LogP contribution is 2.35. The molecule has 3 heteroatoms. The first-order chi connectivity index (χ1) is 7.64. The zero-order chi connectivity index (χ0) is 11.6. The molecule has 90 valence electrons. The van der Waals surface area contributed by atoms with E-state index in [1.54, 1.807) is 0 Å². The Kier molecular flexibility index (Phi) is 3.33. The molecule has 3 nitrogen and oxygen atoms in total. The lowest BCUT2D eigenvalue weighted by molar-refractivity contribution is -0.0405. The van der Waals surface area contributed by atoms with Gasteiger partial charge in [0.1, 0.15) is 0 Å². The van der Waals surface area contributed by atoms with Crippen LogP contribution in [0.25, 0.3) is 0 Å². The van der Waals surface area contributed by atoms with Crippen molar-refractivity contribution in [1.29, 1.82) is 0 Å². The van der Waals surface area contributed by atoms with E-state index >= 15 is 0 Å². The van der Waals surface area contributed by atoms with Crippen LogP contribution in [0.4, 0.5) is 0 Å². The van der Waals surface area contributed by atoms with Gasteiger partial charge in [0.05, 0.1) is 11.8 Å². The zero-order valence-corrected chi connectivity index (χ0v) is 10.3. The molecule has 2 unspecified atom stereocenters. The molecule has 16 heavy (non-hydrogen) atoms. The molecule has 1 aliphatic carbocycles. The van der Waals surface area contributed by atoms with Crippen molar-refractivity contribution in [3.63, 3.8) is 0 Å². The summed E-state index contributed by atoms with van der Waals surface area (Å²) >= 11 is 0. The Bertz CT molecular complexity index is 347. The van der Waals surface area contributed by atoms with Gasteiger partial charge >= 0.3 is 0 Å². The van der Waals surface area contributed by atoms with Gasteiger partial charge < -0.3 is 5.11 Å². The summed E-state index contributed by atoms with van der Waals surface area (Å²) in [6.07, 6.45) is 9.21. The summed E-state index contributed by atoms with van der Waals surface area (Å²) < 4.78 is 1.92. The van der Waals surface area contributed by atoms with Gasteiger partial charge in [-0.15, -0.1) is 0 Å². The van der Waals surface area contributed by atoms with Crippen LogP contribution in [-0.4, -0.2) is 20.5 Å². The molecule has 0 aromatic carbocycles. The van der Waals surface area contributed by atoms with Gasteiger partial charge in [-0.3, -0.25) is 4.68 Å². The van der Waals surface area contributed by atoms with Gasteiger partial charge in [-0.25, -0.2) is 0 Å². The summed E-state index contributed by atoms with van der Waals surface area (Å²) in [5, 5.41) is 14.9. The number of hydrogen-bond acceptors (Lipinski definition) is 2. The van der Waals surface area contributed by atoms with E-state index in [1.165, 1.54) is 6.42 Å². The van der Waals surface area contributed by atoms with Gasteiger partial charge in [-0.1, -0.05) is 19.8 Å². The smallest absolute Gasteiger partial charge is 0.0714 e. The van der Waals surface area contributed by atoms with Crippen LogP contribution in [0.15, 0.2) is 12.4 Å². The summed E-state index contributed by atoms with van der Waals surface area (Å²) in [5.41, 5.74) is 0.665. The summed E-state index contributed by atoms with van der Waals surface area (Å²) in [6.45, 7) is 5.14. The summed E-state index contributed by atoms with van der Waals surface area (Å²) in [7, 11) is 0. The molecule has 1 N–H and O–H groups in total. The minimum Gasteiger partial charge on any atom is -0.389 e. The molecule has 0 aliphatic heterocycles. The van der Waals surface area contributed by atoms with Crippen LogP contribution in [0.5, 0.6) is 0 Å².